The van der Waals surface area contributed by atoms with Gasteiger partial charge in [-0.2, -0.15) is 0 Å². The Morgan fingerprint density at radius 3 is 0.943 bits per heavy atom. The molecule has 0 aromatic carbocycles. The van der Waals surface area contributed by atoms with Gasteiger partial charge in [0.2, 0.25) is 0 Å². The molecule has 0 aliphatic heterocycles. The highest BCUT2D eigenvalue weighted by atomic mass is 31.2. The largest absolute Gasteiger partial charge is 0.472 e. The summed E-state index contributed by atoms with van der Waals surface area (Å²) in [4.78, 5) is 58.3. The third kappa shape index (κ3) is 64.6. The number of esters is 3. The van der Waals surface area contributed by atoms with Gasteiger partial charge >= 0.3 is 33.6 Å². The summed E-state index contributed by atoms with van der Waals surface area (Å²) in [6.07, 6.45) is 64.1. The average Bonchev–Trinajstić information content (AvgIpc) is 3.63. The van der Waals surface area contributed by atoms with Crippen LogP contribution in [-0.2, 0) is 55.8 Å². The predicted molar refractivity (Wildman–Crippen MR) is 353 cm³/mol. The molecule has 0 saturated carbocycles. The Hall–Kier alpha value is -2.75. The van der Waals surface area contributed by atoms with Gasteiger partial charge in [-0.1, -0.05) is 255 Å². The maximum atomic E-state index is 12.9. The van der Waals surface area contributed by atoms with Gasteiger partial charge in [0.25, 0.3) is 0 Å². The number of allylic oxidation sites excluding steroid dienone is 10. The van der Waals surface area contributed by atoms with Crippen LogP contribution in [0.15, 0.2) is 60.8 Å². The van der Waals surface area contributed by atoms with E-state index < -0.39 is 91.5 Å². The average molecular weight is 1270 g/mol. The molecule has 5 unspecified atom stereocenters. The summed E-state index contributed by atoms with van der Waals surface area (Å²) in [6.45, 7) is 2.64. The lowest BCUT2D eigenvalue weighted by Gasteiger charge is -2.21. The highest BCUT2D eigenvalue weighted by molar-refractivity contribution is 7.47. The lowest BCUT2D eigenvalue weighted by molar-refractivity contribution is -0.161. The van der Waals surface area contributed by atoms with E-state index in [0.29, 0.717) is 19.3 Å². The Bertz CT molecular complexity index is 1840. The van der Waals surface area contributed by atoms with Crippen LogP contribution in [-0.4, -0.2) is 95.9 Å². The molecule has 0 fully saturated rings. The molecule has 0 rings (SSSR count). The molecule has 508 valence electrons. The van der Waals surface area contributed by atoms with Gasteiger partial charge in [0.1, 0.15) is 25.4 Å². The Labute approximate surface area is 529 Å². The molecule has 0 saturated heterocycles. The van der Waals surface area contributed by atoms with Crippen LogP contribution in [0.3, 0.4) is 0 Å². The van der Waals surface area contributed by atoms with Crippen molar-refractivity contribution in [2.24, 2.45) is 0 Å². The number of aliphatic hydroxyl groups excluding tert-OH is 2. The number of ether oxygens (including phenoxy) is 3. The monoisotopic (exact) mass is 1270 g/mol. The molecule has 4 N–H and O–H groups in total. The summed E-state index contributed by atoms with van der Waals surface area (Å²) in [7, 11) is -9.76. The molecular formula is C69H126O16P2. The van der Waals surface area contributed by atoms with E-state index in [-0.39, 0.29) is 19.3 Å². The van der Waals surface area contributed by atoms with E-state index in [1.54, 1.807) is 0 Å². The van der Waals surface area contributed by atoms with Crippen LogP contribution in [0.2, 0.25) is 0 Å². The minimum atomic E-state index is -4.92. The molecule has 5 atom stereocenters. The summed E-state index contributed by atoms with van der Waals surface area (Å²) in [5, 5.41) is 20.5. The lowest BCUT2D eigenvalue weighted by Crippen LogP contribution is -2.30. The first kappa shape index (κ1) is 84.2. The number of carbonyl (C=O) groups is 3. The zero-order valence-electron chi connectivity index (χ0n) is 54.9. The zero-order valence-corrected chi connectivity index (χ0v) is 56.7. The van der Waals surface area contributed by atoms with Crippen molar-refractivity contribution in [1.82, 2.24) is 0 Å². The van der Waals surface area contributed by atoms with Gasteiger partial charge in [0.15, 0.2) is 6.10 Å². The second-order valence-corrected chi connectivity index (χ2v) is 26.2. The van der Waals surface area contributed by atoms with Gasteiger partial charge in [0, 0.05) is 19.3 Å². The molecule has 18 heteroatoms. The van der Waals surface area contributed by atoms with Gasteiger partial charge in [0.05, 0.1) is 26.4 Å². The highest BCUT2D eigenvalue weighted by Gasteiger charge is 2.29. The molecule has 87 heavy (non-hydrogen) atoms. The van der Waals surface area contributed by atoms with E-state index in [1.807, 2.05) is 0 Å². The first-order valence-corrected chi connectivity index (χ1v) is 37.6. The first-order valence-electron chi connectivity index (χ1n) is 34.6. The maximum Gasteiger partial charge on any atom is 0.472 e. The van der Waals surface area contributed by atoms with Gasteiger partial charge < -0.3 is 34.2 Å². The third-order valence-corrected chi connectivity index (χ3v) is 16.6. The van der Waals surface area contributed by atoms with Crippen molar-refractivity contribution in [3.8, 4) is 0 Å². The van der Waals surface area contributed by atoms with Crippen LogP contribution in [0.25, 0.3) is 0 Å². The van der Waals surface area contributed by atoms with Crippen LogP contribution in [0.1, 0.15) is 303 Å². The summed E-state index contributed by atoms with van der Waals surface area (Å²) in [5.74, 6) is -1.58. The fraction of sp³-hybridized carbons (Fsp3) is 0.812. The zero-order chi connectivity index (χ0) is 63.8. The van der Waals surface area contributed by atoms with Gasteiger partial charge in [-0.25, -0.2) is 9.13 Å². The topological polar surface area (TPSA) is 231 Å². The second kappa shape index (κ2) is 63.4. The molecule has 0 aromatic heterocycles. The van der Waals surface area contributed by atoms with Crippen molar-refractivity contribution in [2.45, 2.75) is 322 Å². The Balaban J connectivity index is 4.56. The molecule has 0 aromatic rings. The van der Waals surface area contributed by atoms with E-state index in [4.69, 9.17) is 32.3 Å². The van der Waals surface area contributed by atoms with Crippen LogP contribution < -0.4 is 0 Å². The van der Waals surface area contributed by atoms with E-state index in [1.165, 1.54) is 116 Å². The maximum absolute atomic E-state index is 12.9. The number of rotatable bonds is 66. The van der Waals surface area contributed by atoms with Gasteiger partial charge in [-0.15, -0.1) is 0 Å². The summed E-state index contributed by atoms with van der Waals surface area (Å²) in [6, 6.07) is 0. The predicted octanol–water partition coefficient (Wildman–Crippen LogP) is 19.0. The number of hydrogen-bond donors (Lipinski definition) is 4. The van der Waals surface area contributed by atoms with Crippen molar-refractivity contribution in [1.29, 1.82) is 0 Å². The molecule has 0 bridgehead atoms. The minimum Gasteiger partial charge on any atom is -0.463 e. The Kier molecular flexibility index (Phi) is 61.4. The summed E-state index contributed by atoms with van der Waals surface area (Å²) < 4.78 is 60.8. The quantitative estimate of drug-likeness (QED) is 0.0146. The van der Waals surface area contributed by atoms with Crippen LogP contribution >= 0.6 is 15.6 Å². The van der Waals surface area contributed by atoms with Crippen molar-refractivity contribution in [2.75, 3.05) is 39.6 Å². The fourth-order valence-corrected chi connectivity index (χ4v) is 11.0. The molecular weight excluding hydrogens is 1150 g/mol. The molecule has 0 amide bonds. The number of hydrogen-bond acceptors (Lipinski definition) is 14. The highest BCUT2D eigenvalue weighted by Crippen LogP contribution is 2.45. The smallest absolute Gasteiger partial charge is 0.463 e. The summed E-state index contributed by atoms with van der Waals surface area (Å²) >= 11 is 0. The Morgan fingerprint density at radius 2 is 0.575 bits per heavy atom. The molecule has 0 radical (unpaired) electrons. The molecule has 0 heterocycles. The number of carbonyl (C=O) groups excluding carboxylic acids is 3. The van der Waals surface area contributed by atoms with E-state index in [0.717, 1.165) is 128 Å². The molecule has 0 aliphatic carbocycles. The number of phosphoric ester groups is 2. The fourth-order valence-electron chi connectivity index (χ4n) is 9.37. The van der Waals surface area contributed by atoms with Gasteiger partial charge in [-0.3, -0.25) is 32.5 Å². The van der Waals surface area contributed by atoms with Crippen molar-refractivity contribution in [3.63, 3.8) is 0 Å². The lowest BCUT2D eigenvalue weighted by atomic mass is 10.0. The number of phosphoric acid groups is 2. The van der Waals surface area contributed by atoms with Crippen LogP contribution in [0.4, 0.5) is 0 Å². The normalized spacial score (nSPS) is 14.6. The summed E-state index contributed by atoms with van der Waals surface area (Å²) in [5.41, 5.74) is 0. The standard InChI is InChI=1S/C69H126O16P2/c1-4-7-10-13-16-19-22-25-27-28-29-30-31-32-33-34-36-39-40-43-46-49-52-55-67(72)79-58-64(70)59-81-86(75,76)82-60-65(71)61-83-87(77,78)84-63-66(85-69(74)57-54-51-48-45-42-37-24-21-18-15-12-9-6-3)62-80-68(73)56-53-50-47-44-41-38-35-26-23-20-17-14-11-8-5-2/h16,19,25-27,29-30,32-33,35,64-66,70-71H,4-15,17-18,20-24,28,31,34,36-63H2,1-3H3,(H,75,76)(H,77,78)/b19-16-,27-25-,30-29-,33-32-,35-26-. The number of unbranched alkanes of at least 4 members (excludes halogenated alkanes) is 33. The van der Waals surface area contributed by atoms with Crippen molar-refractivity contribution < 1.29 is 75.8 Å². The van der Waals surface area contributed by atoms with Gasteiger partial charge in [-0.05, 0) is 89.9 Å². The minimum absolute atomic E-state index is 0.109. The van der Waals surface area contributed by atoms with Crippen LogP contribution in [0, 0.1) is 0 Å². The van der Waals surface area contributed by atoms with E-state index in [2.05, 4.69) is 81.5 Å². The van der Waals surface area contributed by atoms with Crippen molar-refractivity contribution >= 4 is 33.6 Å². The molecule has 16 nitrogen and oxygen atoms in total. The Morgan fingerprint density at radius 1 is 0.322 bits per heavy atom. The molecule has 0 spiro atoms. The third-order valence-electron chi connectivity index (χ3n) is 14.7. The second-order valence-electron chi connectivity index (χ2n) is 23.3. The van der Waals surface area contributed by atoms with Crippen molar-refractivity contribution in [3.05, 3.63) is 60.8 Å². The van der Waals surface area contributed by atoms with E-state index in [9.17, 15) is 43.5 Å². The van der Waals surface area contributed by atoms with E-state index >= 15 is 0 Å². The molecule has 0 aliphatic rings. The SMILES string of the molecule is CCCCC/C=C\C/C=C\C/C=C\C/C=C\CCCCCCCCCC(=O)OCC(O)COP(=O)(O)OCC(O)COP(=O)(O)OCC(COC(=O)CCCCCCC/C=C\CCCCCCCC)OC(=O)CCCCCCCCCCCCCCC. The van der Waals surface area contributed by atoms with Crippen LogP contribution in [0.5, 0.6) is 0 Å². The first-order chi connectivity index (χ1) is 42.2. The number of aliphatic hydroxyl groups is 2.